The van der Waals surface area contributed by atoms with Crippen molar-refractivity contribution in [2.75, 3.05) is 0 Å². The number of aliphatic hydroxyl groups is 1. The fraction of sp³-hybridized carbons (Fsp3) is 0.389. The van der Waals surface area contributed by atoms with E-state index in [1.165, 1.54) is 0 Å². The number of hydrogen-bond donors (Lipinski definition) is 3. The van der Waals surface area contributed by atoms with Gasteiger partial charge in [-0.3, -0.25) is 14.4 Å². The van der Waals surface area contributed by atoms with E-state index in [4.69, 9.17) is 4.74 Å². The molecule has 0 aliphatic heterocycles. The number of carbonyl (C=O) groups is 4. The van der Waals surface area contributed by atoms with Crippen LogP contribution in [0.5, 0.6) is 0 Å². The number of rotatable bonds is 10. The minimum atomic E-state index is -1.13. The fourth-order valence-electron chi connectivity index (χ4n) is 3.55. The maximum Gasteiger partial charge on any atom is 0.516 e. The maximum absolute atomic E-state index is 12.9. The molecule has 0 fully saturated rings. The van der Waals surface area contributed by atoms with Crippen LogP contribution in [0.2, 0.25) is 0 Å². The van der Waals surface area contributed by atoms with E-state index in [0.29, 0.717) is 22.3 Å². The summed E-state index contributed by atoms with van der Waals surface area (Å²) in [6.07, 6.45) is -1.13. The van der Waals surface area contributed by atoms with Crippen molar-refractivity contribution >= 4 is 23.9 Å². The zero-order valence-corrected chi connectivity index (χ0v) is 27.3. The first-order valence-electron chi connectivity index (χ1n) is 15.0. The Labute approximate surface area is 266 Å². The zero-order chi connectivity index (χ0) is 33.6. The lowest BCUT2D eigenvalue weighted by atomic mass is 9.98. The molecule has 3 rings (SSSR count). The van der Waals surface area contributed by atoms with E-state index in [1.807, 2.05) is 24.3 Å². The fourth-order valence-corrected chi connectivity index (χ4v) is 3.55. The van der Waals surface area contributed by atoms with Gasteiger partial charge in [-0.15, -0.1) is 0 Å². The molecule has 45 heavy (non-hydrogen) atoms. The van der Waals surface area contributed by atoms with Gasteiger partial charge in [0.2, 0.25) is 0 Å². The lowest BCUT2D eigenvalue weighted by Crippen LogP contribution is -2.27. The van der Waals surface area contributed by atoms with Crippen molar-refractivity contribution in [3.05, 3.63) is 106 Å². The van der Waals surface area contributed by atoms with Gasteiger partial charge in [0, 0.05) is 29.8 Å². The SMILES string of the molecule is CC(C)(C)C(=O)OC(=O)OCc1ccccc1C(=O)NCc1cccc(CNC(=O)c2ccccc2CO)c1.CC(C)C(C)C. The monoisotopic (exact) mass is 618 g/mol. The minimum Gasteiger partial charge on any atom is -0.429 e. The Morgan fingerprint density at radius 2 is 1.18 bits per heavy atom. The third-order valence-electron chi connectivity index (χ3n) is 7.06. The predicted molar refractivity (Wildman–Crippen MR) is 173 cm³/mol. The van der Waals surface area contributed by atoms with Gasteiger partial charge in [-0.05, 0) is 61.4 Å². The maximum atomic E-state index is 12.9. The smallest absolute Gasteiger partial charge is 0.429 e. The van der Waals surface area contributed by atoms with E-state index in [1.54, 1.807) is 69.3 Å². The summed E-state index contributed by atoms with van der Waals surface area (Å²) in [5.74, 6) is 0.335. The topological polar surface area (TPSA) is 131 Å². The summed E-state index contributed by atoms with van der Waals surface area (Å²) < 4.78 is 9.73. The van der Waals surface area contributed by atoms with Crippen molar-refractivity contribution in [3.63, 3.8) is 0 Å². The molecular formula is C36H46N2O7. The molecule has 9 nitrogen and oxygen atoms in total. The first-order chi connectivity index (χ1) is 21.2. The van der Waals surface area contributed by atoms with Gasteiger partial charge in [0.05, 0.1) is 12.0 Å². The van der Waals surface area contributed by atoms with Crippen molar-refractivity contribution in [3.8, 4) is 0 Å². The normalized spacial score (nSPS) is 10.9. The number of ether oxygens (including phenoxy) is 2. The lowest BCUT2D eigenvalue weighted by Gasteiger charge is -2.15. The molecular weight excluding hydrogens is 572 g/mol. The van der Waals surface area contributed by atoms with Crippen LogP contribution >= 0.6 is 0 Å². The Kier molecular flexibility index (Phi) is 14.4. The van der Waals surface area contributed by atoms with E-state index in [0.717, 1.165) is 23.0 Å². The molecule has 0 atom stereocenters. The molecule has 0 unspecified atom stereocenters. The van der Waals surface area contributed by atoms with Gasteiger partial charge in [-0.25, -0.2) is 4.79 Å². The van der Waals surface area contributed by atoms with Gasteiger partial charge in [0.25, 0.3) is 11.8 Å². The Morgan fingerprint density at radius 3 is 1.64 bits per heavy atom. The number of benzene rings is 3. The van der Waals surface area contributed by atoms with Gasteiger partial charge in [-0.2, -0.15) is 0 Å². The Hall–Kier alpha value is -4.50. The highest BCUT2D eigenvalue weighted by Gasteiger charge is 2.26. The molecule has 3 aromatic carbocycles. The van der Waals surface area contributed by atoms with Crippen LogP contribution in [0.4, 0.5) is 4.79 Å². The molecule has 0 spiro atoms. The summed E-state index contributed by atoms with van der Waals surface area (Å²) in [7, 11) is 0. The first kappa shape index (κ1) is 36.7. The van der Waals surface area contributed by atoms with Gasteiger partial charge < -0.3 is 25.2 Å². The Morgan fingerprint density at radius 1 is 0.711 bits per heavy atom. The third kappa shape index (κ3) is 12.6. The number of carbonyl (C=O) groups excluding carboxylic acids is 4. The molecule has 0 aliphatic carbocycles. The number of nitrogens with one attached hydrogen (secondary N) is 2. The molecule has 0 heterocycles. The van der Waals surface area contributed by atoms with Gasteiger partial charge >= 0.3 is 12.1 Å². The summed E-state index contributed by atoms with van der Waals surface area (Å²) in [6.45, 7) is 13.8. The highest BCUT2D eigenvalue weighted by Crippen LogP contribution is 2.17. The molecule has 0 aromatic heterocycles. The molecule has 3 N–H and O–H groups in total. The summed E-state index contributed by atoms with van der Waals surface area (Å²) in [6, 6.07) is 20.9. The second-order valence-corrected chi connectivity index (χ2v) is 12.3. The second-order valence-electron chi connectivity index (χ2n) is 12.3. The molecule has 0 saturated carbocycles. The summed E-state index contributed by atoms with van der Waals surface area (Å²) in [5.41, 5.74) is 2.55. The molecule has 3 aromatic rings. The summed E-state index contributed by atoms with van der Waals surface area (Å²) >= 11 is 0. The molecule has 0 saturated heterocycles. The lowest BCUT2D eigenvalue weighted by molar-refractivity contribution is -0.148. The van der Waals surface area contributed by atoms with Gasteiger partial charge in [0.15, 0.2) is 0 Å². The van der Waals surface area contributed by atoms with Crippen molar-refractivity contribution in [1.82, 2.24) is 10.6 Å². The van der Waals surface area contributed by atoms with Crippen LogP contribution in [0, 0.1) is 17.3 Å². The van der Waals surface area contributed by atoms with E-state index in [9.17, 15) is 24.3 Å². The zero-order valence-electron chi connectivity index (χ0n) is 27.3. The summed E-state index contributed by atoms with van der Waals surface area (Å²) in [4.78, 5) is 49.2. The predicted octanol–water partition coefficient (Wildman–Crippen LogP) is 6.56. The van der Waals surface area contributed by atoms with Crippen LogP contribution in [0.3, 0.4) is 0 Å². The van der Waals surface area contributed by atoms with E-state index < -0.39 is 17.5 Å². The standard InChI is InChI=1S/C30H32N2O7.C6H14/c1-30(2,3)28(36)39-29(37)38-19-23-12-5-7-14-25(23)27(35)32-17-21-10-8-9-20(15-21)16-31-26(34)24-13-6-4-11-22(24)18-33;1-5(2)6(3)4/h4-15,33H,16-19H2,1-3H3,(H,31,34)(H,32,35);5-6H,1-4H3. The van der Waals surface area contributed by atoms with Crippen LogP contribution < -0.4 is 10.6 Å². The average Bonchev–Trinajstić information content (AvgIpc) is 3.01. The van der Waals surface area contributed by atoms with Gasteiger partial charge in [0.1, 0.15) is 6.61 Å². The molecule has 0 bridgehead atoms. The van der Waals surface area contributed by atoms with E-state index in [-0.39, 0.29) is 38.1 Å². The Bertz CT molecular complexity index is 1440. The van der Waals surface area contributed by atoms with Crippen molar-refractivity contribution in [2.45, 2.75) is 74.8 Å². The molecule has 9 heteroatoms. The highest BCUT2D eigenvalue weighted by atomic mass is 16.7. The molecule has 2 amide bonds. The third-order valence-corrected chi connectivity index (χ3v) is 7.06. The quantitative estimate of drug-likeness (QED) is 0.173. The molecule has 242 valence electrons. The Balaban J connectivity index is 0.00000107. The van der Waals surface area contributed by atoms with Crippen LogP contribution in [-0.2, 0) is 40.6 Å². The van der Waals surface area contributed by atoms with Crippen LogP contribution in [-0.4, -0.2) is 29.0 Å². The van der Waals surface area contributed by atoms with Crippen molar-refractivity contribution in [2.24, 2.45) is 17.3 Å². The second kappa shape index (κ2) is 17.7. The molecule has 0 aliphatic rings. The number of amides is 2. The van der Waals surface area contributed by atoms with Crippen LogP contribution in [0.1, 0.15) is 91.4 Å². The van der Waals surface area contributed by atoms with Crippen molar-refractivity contribution < 1.29 is 33.8 Å². The highest BCUT2D eigenvalue weighted by molar-refractivity contribution is 5.96. The number of aliphatic hydroxyl groups excluding tert-OH is 1. The largest absolute Gasteiger partial charge is 0.516 e. The van der Waals surface area contributed by atoms with E-state index in [2.05, 4.69) is 43.1 Å². The summed E-state index contributed by atoms with van der Waals surface area (Å²) in [5, 5.41) is 15.1. The van der Waals surface area contributed by atoms with Gasteiger partial charge in [-0.1, -0.05) is 88.4 Å². The first-order valence-corrected chi connectivity index (χ1v) is 15.0. The van der Waals surface area contributed by atoms with E-state index >= 15 is 0 Å². The average molecular weight is 619 g/mol. The van der Waals surface area contributed by atoms with Crippen LogP contribution in [0.25, 0.3) is 0 Å². The molecule has 0 radical (unpaired) electrons. The van der Waals surface area contributed by atoms with Crippen LogP contribution in [0.15, 0.2) is 72.8 Å². The minimum absolute atomic E-state index is 0.227. The van der Waals surface area contributed by atoms with Crippen molar-refractivity contribution in [1.29, 1.82) is 0 Å². The number of esters is 1. The number of hydrogen-bond acceptors (Lipinski definition) is 7.